The molecule has 2 aromatic carbocycles. The Kier molecular flexibility index (Phi) is 4.80. The van der Waals surface area contributed by atoms with E-state index in [9.17, 15) is 9.59 Å². The second-order valence-electron chi connectivity index (χ2n) is 7.01. The van der Waals surface area contributed by atoms with Crippen LogP contribution in [0.5, 0.6) is 5.75 Å². The summed E-state index contributed by atoms with van der Waals surface area (Å²) >= 11 is 0. The van der Waals surface area contributed by atoms with Crippen molar-refractivity contribution in [1.29, 1.82) is 0 Å². The maximum atomic E-state index is 12.5. The lowest BCUT2D eigenvalue weighted by molar-refractivity contribution is 0.0544. The summed E-state index contributed by atoms with van der Waals surface area (Å²) < 4.78 is 12.6. The maximum Gasteiger partial charge on any atom is 0.419 e. The number of carbonyl (C=O) groups excluding carboxylic acids is 2. The minimum atomic E-state index is -0.629. The zero-order chi connectivity index (χ0) is 18.7. The fraction of sp³-hybridized carbons (Fsp3) is 0.238. The van der Waals surface area contributed by atoms with Crippen LogP contribution in [-0.2, 0) is 11.3 Å². The molecule has 3 rings (SSSR count). The SMILES string of the molecule is CC(C)(C)OC(=O)n1cc(C=O)c2ccc(OCc3ccccc3)cc21. The molecule has 0 aliphatic rings. The summed E-state index contributed by atoms with van der Waals surface area (Å²) in [6, 6.07) is 15.1. The van der Waals surface area contributed by atoms with Gasteiger partial charge < -0.3 is 9.47 Å². The molecular weight excluding hydrogens is 330 g/mol. The smallest absolute Gasteiger partial charge is 0.419 e. The zero-order valence-electron chi connectivity index (χ0n) is 15.1. The fourth-order valence-electron chi connectivity index (χ4n) is 2.62. The Hall–Kier alpha value is -3.08. The number of aromatic nitrogens is 1. The number of hydrogen-bond acceptors (Lipinski definition) is 4. The first kappa shape index (κ1) is 17.7. The lowest BCUT2D eigenvalue weighted by Gasteiger charge is -2.19. The summed E-state index contributed by atoms with van der Waals surface area (Å²) in [5, 5.41) is 0.679. The van der Waals surface area contributed by atoms with E-state index >= 15 is 0 Å². The van der Waals surface area contributed by atoms with Gasteiger partial charge in [-0.1, -0.05) is 30.3 Å². The molecule has 0 aliphatic carbocycles. The number of carbonyl (C=O) groups is 2. The molecule has 0 bridgehead atoms. The molecule has 0 amide bonds. The Balaban J connectivity index is 1.92. The molecule has 0 saturated carbocycles. The van der Waals surface area contributed by atoms with Crippen LogP contribution >= 0.6 is 0 Å². The molecule has 1 aromatic heterocycles. The highest BCUT2D eigenvalue weighted by Crippen LogP contribution is 2.26. The summed E-state index contributed by atoms with van der Waals surface area (Å²) in [6.07, 6.45) is 1.69. The minimum Gasteiger partial charge on any atom is -0.489 e. The van der Waals surface area contributed by atoms with Crippen LogP contribution in [0.4, 0.5) is 4.79 Å². The van der Waals surface area contributed by atoms with Crippen LogP contribution in [0, 0.1) is 0 Å². The van der Waals surface area contributed by atoms with Gasteiger partial charge in [0.25, 0.3) is 0 Å². The molecule has 3 aromatic rings. The van der Waals surface area contributed by atoms with E-state index in [2.05, 4.69) is 0 Å². The van der Waals surface area contributed by atoms with Crippen LogP contribution in [0.2, 0.25) is 0 Å². The molecule has 0 radical (unpaired) electrons. The monoisotopic (exact) mass is 351 g/mol. The van der Waals surface area contributed by atoms with Gasteiger partial charge in [0.15, 0.2) is 6.29 Å². The van der Waals surface area contributed by atoms with E-state index in [1.165, 1.54) is 10.8 Å². The number of benzene rings is 2. The van der Waals surface area contributed by atoms with Gasteiger partial charge in [0.2, 0.25) is 0 Å². The Morgan fingerprint density at radius 3 is 2.50 bits per heavy atom. The van der Waals surface area contributed by atoms with Crippen molar-refractivity contribution in [3.05, 3.63) is 65.9 Å². The lowest BCUT2D eigenvalue weighted by atomic mass is 10.2. The van der Waals surface area contributed by atoms with Crippen LogP contribution in [-0.4, -0.2) is 22.5 Å². The molecule has 0 unspecified atom stereocenters. The van der Waals surface area contributed by atoms with Gasteiger partial charge in [-0.15, -0.1) is 0 Å². The van der Waals surface area contributed by atoms with Gasteiger partial charge >= 0.3 is 6.09 Å². The van der Waals surface area contributed by atoms with Crippen molar-refractivity contribution >= 4 is 23.3 Å². The molecule has 134 valence electrons. The van der Waals surface area contributed by atoms with Gasteiger partial charge in [-0.05, 0) is 38.5 Å². The molecule has 5 nitrogen and oxygen atoms in total. The third-order valence-electron chi connectivity index (χ3n) is 3.77. The number of fused-ring (bicyclic) bond motifs is 1. The summed E-state index contributed by atoms with van der Waals surface area (Å²) in [4.78, 5) is 23.8. The minimum absolute atomic E-state index is 0.417. The van der Waals surface area contributed by atoms with Gasteiger partial charge in [-0.2, -0.15) is 0 Å². The summed E-state index contributed by atoms with van der Waals surface area (Å²) in [7, 11) is 0. The molecule has 0 N–H and O–H groups in total. The number of nitrogens with zero attached hydrogens (tertiary/aromatic N) is 1. The van der Waals surface area contributed by atoms with Crippen molar-refractivity contribution in [2.24, 2.45) is 0 Å². The highest BCUT2D eigenvalue weighted by molar-refractivity contribution is 6.01. The van der Waals surface area contributed by atoms with Crippen LogP contribution < -0.4 is 4.74 Å². The Morgan fingerprint density at radius 1 is 1.12 bits per heavy atom. The normalized spacial score (nSPS) is 11.3. The van der Waals surface area contributed by atoms with Gasteiger partial charge in [0.1, 0.15) is 18.0 Å². The molecule has 0 saturated heterocycles. The number of ether oxygens (including phenoxy) is 2. The summed E-state index contributed by atoms with van der Waals surface area (Å²) in [5.74, 6) is 0.613. The molecule has 5 heteroatoms. The van der Waals surface area contributed by atoms with Crippen molar-refractivity contribution in [2.75, 3.05) is 0 Å². The highest BCUT2D eigenvalue weighted by atomic mass is 16.6. The van der Waals surface area contributed by atoms with Crippen molar-refractivity contribution in [3.63, 3.8) is 0 Å². The number of hydrogen-bond donors (Lipinski definition) is 0. The van der Waals surface area contributed by atoms with Crippen molar-refractivity contribution in [3.8, 4) is 5.75 Å². The second kappa shape index (κ2) is 7.04. The first-order valence-corrected chi connectivity index (χ1v) is 8.38. The van der Waals surface area contributed by atoms with E-state index in [4.69, 9.17) is 9.47 Å². The first-order valence-electron chi connectivity index (χ1n) is 8.38. The largest absolute Gasteiger partial charge is 0.489 e. The van der Waals surface area contributed by atoms with Crippen molar-refractivity contribution < 1.29 is 19.1 Å². The van der Waals surface area contributed by atoms with E-state index in [1.54, 1.807) is 39.0 Å². The molecule has 0 fully saturated rings. The van der Waals surface area contributed by atoms with Crippen LogP contribution in [0.15, 0.2) is 54.7 Å². The van der Waals surface area contributed by atoms with E-state index in [0.29, 0.717) is 28.8 Å². The molecular formula is C21H21NO4. The van der Waals surface area contributed by atoms with Crippen molar-refractivity contribution in [2.45, 2.75) is 33.0 Å². The van der Waals surface area contributed by atoms with Gasteiger partial charge in [0, 0.05) is 23.2 Å². The Morgan fingerprint density at radius 2 is 1.85 bits per heavy atom. The lowest BCUT2D eigenvalue weighted by Crippen LogP contribution is -2.26. The fourth-order valence-corrected chi connectivity index (χ4v) is 2.62. The first-order chi connectivity index (χ1) is 12.4. The molecule has 1 heterocycles. The van der Waals surface area contributed by atoms with Crippen LogP contribution in [0.3, 0.4) is 0 Å². The number of rotatable bonds is 4. The second-order valence-corrected chi connectivity index (χ2v) is 7.01. The predicted octanol–water partition coefficient (Wildman–Crippen LogP) is 4.82. The van der Waals surface area contributed by atoms with E-state index in [0.717, 1.165) is 11.8 Å². The Labute approximate surface area is 152 Å². The number of aldehydes is 1. The average Bonchev–Trinajstić information content (AvgIpc) is 2.97. The van der Waals surface area contributed by atoms with Gasteiger partial charge in [-0.25, -0.2) is 4.79 Å². The average molecular weight is 351 g/mol. The standard InChI is InChI=1S/C21H21NO4/c1-21(2,3)26-20(24)22-12-16(13-23)18-10-9-17(11-19(18)22)25-14-15-7-5-4-6-8-15/h4-13H,14H2,1-3H3. The van der Waals surface area contributed by atoms with Gasteiger partial charge in [0.05, 0.1) is 5.52 Å². The summed E-state index contributed by atoms with van der Waals surface area (Å²) in [6.45, 7) is 5.81. The summed E-state index contributed by atoms with van der Waals surface area (Å²) in [5.41, 5.74) is 1.42. The van der Waals surface area contributed by atoms with E-state index in [-0.39, 0.29) is 0 Å². The molecule has 0 spiro atoms. The molecule has 0 aliphatic heterocycles. The van der Waals surface area contributed by atoms with E-state index in [1.807, 2.05) is 30.3 Å². The molecule has 26 heavy (non-hydrogen) atoms. The zero-order valence-corrected chi connectivity index (χ0v) is 15.1. The Bertz CT molecular complexity index is 936. The van der Waals surface area contributed by atoms with Crippen LogP contribution in [0.25, 0.3) is 10.9 Å². The van der Waals surface area contributed by atoms with Crippen molar-refractivity contribution in [1.82, 2.24) is 4.57 Å². The van der Waals surface area contributed by atoms with Gasteiger partial charge in [-0.3, -0.25) is 9.36 Å². The quantitative estimate of drug-likeness (QED) is 0.633. The topological polar surface area (TPSA) is 57.5 Å². The third-order valence-corrected chi connectivity index (χ3v) is 3.77. The highest BCUT2D eigenvalue weighted by Gasteiger charge is 2.21. The third kappa shape index (κ3) is 3.94. The van der Waals surface area contributed by atoms with E-state index < -0.39 is 11.7 Å². The van der Waals surface area contributed by atoms with Crippen LogP contribution in [0.1, 0.15) is 36.7 Å². The molecule has 0 atom stereocenters. The maximum absolute atomic E-state index is 12.5. The predicted molar refractivity (Wildman–Crippen MR) is 99.7 cm³/mol.